The summed E-state index contributed by atoms with van der Waals surface area (Å²) in [5.41, 5.74) is 0.647. The van der Waals surface area contributed by atoms with Gasteiger partial charge in [-0.1, -0.05) is 5.16 Å². The van der Waals surface area contributed by atoms with Crippen LogP contribution in [-0.2, 0) is 18.9 Å². The number of cyclic esters (lactones) is 1. The highest BCUT2D eigenvalue weighted by Crippen LogP contribution is 2.42. The number of benzene rings is 1. The highest BCUT2D eigenvalue weighted by atomic mass is 19.1. The zero-order valence-corrected chi connectivity index (χ0v) is 17.0. The number of carbonyl (C=O) groups is 1. The number of halogens is 1. The van der Waals surface area contributed by atoms with Gasteiger partial charge in [0.05, 0.1) is 42.6 Å². The third-order valence-corrected chi connectivity index (χ3v) is 5.55. The van der Waals surface area contributed by atoms with Crippen molar-refractivity contribution in [1.82, 2.24) is 5.16 Å². The van der Waals surface area contributed by atoms with Crippen LogP contribution in [0.3, 0.4) is 0 Å². The molecule has 0 bridgehead atoms. The number of aromatic nitrogens is 1. The molecule has 0 aliphatic carbocycles. The Hall–Kier alpha value is -2.94. The average molecular weight is 432 g/mol. The van der Waals surface area contributed by atoms with E-state index in [0.717, 1.165) is 4.90 Å². The molecule has 1 amide bonds. The fraction of sp³-hybridized carbons (Fsp3) is 0.550. The van der Waals surface area contributed by atoms with Crippen LogP contribution in [0.1, 0.15) is 25.7 Å². The summed E-state index contributed by atoms with van der Waals surface area (Å²) in [6.07, 6.45) is -1.71. The van der Waals surface area contributed by atoms with Gasteiger partial charge in [-0.15, -0.1) is 0 Å². The van der Waals surface area contributed by atoms with E-state index < -0.39 is 24.2 Å². The van der Waals surface area contributed by atoms with Crippen LogP contribution in [0.4, 0.5) is 20.7 Å². The standard InChI is InChI=1S/C20H21FN4O6/c1-10-7-24(8-11(2)30-10)16-13(19-27-3-4-28-19)5-14-17(15(16)21)31-23-18(14)25-12(6-22)9-29-20(25)26/h5,10-12,19H,3-4,7-9H2,1-2H3. The lowest BCUT2D eigenvalue weighted by Gasteiger charge is -2.38. The van der Waals surface area contributed by atoms with Gasteiger partial charge in [-0.25, -0.2) is 14.1 Å². The number of ether oxygens (including phenoxy) is 4. The Morgan fingerprint density at radius 3 is 2.61 bits per heavy atom. The van der Waals surface area contributed by atoms with Crippen molar-refractivity contribution in [3.8, 4) is 6.07 Å². The maximum Gasteiger partial charge on any atom is 0.416 e. The molecule has 11 heteroatoms. The lowest BCUT2D eigenvalue weighted by Crippen LogP contribution is -2.46. The van der Waals surface area contributed by atoms with Crippen LogP contribution in [0.15, 0.2) is 10.6 Å². The number of fused-ring (bicyclic) bond motifs is 1. The first-order chi connectivity index (χ1) is 15.0. The van der Waals surface area contributed by atoms with Crippen molar-refractivity contribution in [3.63, 3.8) is 0 Å². The van der Waals surface area contributed by atoms with Crippen LogP contribution in [0.25, 0.3) is 11.0 Å². The van der Waals surface area contributed by atoms with Gasteiger partial charge in [0, 0.05) is 18.7 Å². The monoisotopic (exact) mass is 432 g/mol. The smallest absolute Gasteiger partial charge is 0.416 e. The van der Waals surface area contributed by atoms with Crippen LogP contribution >= 0.6 is 0 Å². The molecule has 3 fully saturated rings. The summed E-state index contributed by atoms with van der Waals surface area (Å²) >= 11 is 0. The van der Waals surface area contributed by atoms with Gasteiger partial charge in [0.1, 0.15) is 6.61 Å². The molecule has 31 heavy (non-hydrogen) atoms. The molecule has 2 aromatic rings. The van der Waals surface area contributed by atoms with E-state index in [1.54, 1.807) is 6.07 Å². The molecule has 3 atom stereocenters. The Morgan fingerprint density at radius 1 is 1.23 bits per heavy atom. The summed E-state index contributed by atoms with van der Waals surface area (Å²) in [5, 5.41) is 13.5. The first kappa shape index (κ1) is 20.0. The number of nitrogens with zero attached hydrogens (tertiary/aromatic N) is 4. The van der Waals surface area contributed by atoms with E-state index in [-0.39, 0.29) is 35.6 Å². The average Bonchev–Trinajstić information content (AvgIpc) is 3.46. The Morgan fingerprint density at radius 2 is 1.94 bits per heavy atom. The summed E-state index contributed by atoms with van der Waals surface area (Å²) in [6.45, 7) is 5.46. The number of anilines is 2. The van der Waals surface area contributed by atoms with Crippen LogP contribution in [0.5, 0.6) is 0 Å². The maximum atomic E-state index is 15.9. The fourth-order valence-corrected chi connectivity index (χ4v) is 4.36. The lowest BCUT2D eigenvalue weighted by atomic mass is 10.0. The predicted octanol–water partition coefficient (Wildman–Crippen LogP) is 2.47. The zero-order valence-electron chi connectivity index (χ0n) is 17.0. The number of rotatable bonds is 3. The number of morpholine rings is 1. The summed E-state index contributed by atoms with van der Waals surface area (Å²) in [6, 6.07) is 2.76. The van der Waals surface area contributed by atoms with Gasteiger partial charge in [-0.3, -0.25) is 0 Å². The molecule has 3 aliphatic rings. The van der Waals surface area contributed by atoms with E-state index in [9.17, 15) is 10.1 Å². The van der Waals surface area contributed by atoms with Crippen molar-refractivity contribution in [2.24, 2.45) is 0 Å². The topological polar surface area (TPSA) is 110 Å². The largest absolute Gasteiger partial charge is 0.446 e. The summed E-state index contributed by atoms with van der Waals surface area (Å²) in [7, 11) is 0. The second-order valence-corrected chi connectivity index (χ2v) is 7.84. The SMILES string of the molecule is CC1CN(c2c(C3OCCO3)cc3c(N4C(=O)OCC4C#N)noc3c2F)CC(C)O1. The molecule has 1 aromatic carbocycles. The maximum absolute atomic E-state index is 15.9. The first-order valence-electron chi connectivity index (χ1n) is 10.1. The number of carbonyl (C=O) groups excluding carboxylic acids is 1. The molecule has 0 N–H and O–H groups in total. The third kappa shape index (κ3) is 3.27. The van der Waals surface area contributed by atoms with Crippen LogP contribution < -0.4 is 9.80 Å². The van der Waals surface area contributed by atoms with Gasteiger partial charge in [-0.2, -0.15) is 5.26 Å². The predicted molar refractivity (Wildman–Crippen MR) is 104 cm³/mol. The molecule has 3 unspecified atom stereocenters. The van der Waals surface area contributed by atoms with Crippen molar-refractivity contribution in [1.29, 1.82) is 5.26 Å². The van der Waals surface area contributed by atoms with Crippen molar-refractivity contribution in [2.45, 2.75) is 38.4 Å². The van der Waals surface area contributed by atoms with Crippen molar-refractivity contribution in [3.05, 3.63) is 17.4 Å². The summed E-state index contributed by atoms with van der Waals surface area (Å²) in [5.74, 6) is -0.606. The Balaban J connectivity index is 1.67. The van der Waals surface area contributed by atoms with Crippen molar-refractivity contribution in [2.75, 3.05) is 42.7 Å². The van der Waals surface area contributed by atoms with Crippen molar-refractivity contribution >= 4 is 28.6 Å². The molecule has 10 nitrogen and oxygen atoms in total. The Bertz CT molecular complexity index is 1050. The normalized spacial score (nSPS) is 27.2. The quantitative estimate of drug-likeness (QED) is 0.722. The van der Waals surface area contributed by atoms with Gasteiger partial charge in [0.15, 0.2) is 24.0 Å². The van der Waals surface area contributed by atoms with E-state index in [1.807, 2.05) is 24.8 Å². The van der Waals surface area contributed by atoms with Gasteiger partial charge < -0.3 is 28.4 Å². The summed E-state index contributed by atoms with van der Waals surface area (Å²) < 4.78 is 43.3. The molecule has 0 radical (unpaired) electrons. The van der Waals surface area contributed by atoms with E-state index >= 15 is 4.39 Å². The van der Waals surface area contributed by atoms with Gasteiger partial charge in [-0.05, 0) is 19.9 Å². The Labute approximate surface area is 176 Å². The minimum absolute atomic E-state index is 0.0254. The molecular weight excluding hydrogens is 411 g/mol. The summed E-state index contributed by atoms with van der Waals surface area (Å²) in [4.78, 5) is 15.2. The van der Waals surface area contributed by atoms with E-state index in [4.69, 9.17) is 23.5 Å². The van der Waals surface area contributed by atoms with Crippen LogP contribution in [0.2, 0.25) is 0 Å². The van der Waals surface area contributed by atoms with E-state index in [0.29, 0.717) is 37.6 Å². The number of hydrogen-bond acceptors (Lipinski definition) is 9. The van der Waals surface area contributed by atoms with E-state index in [2.05, 4.69) is 5.16 Å². The number of hydrogen-bond donors (Lipinski definition) is 0. The van der Waals surface area contributed by atoms with Gasteiger partial charge in [0.25, 0.3) is 0 Å². The molecule has 5 rings (SSSR count). The van der Waals surface area contributed by atoms with Crippen molar-refractivity contribution < 1.29 is 32.7 Å². The first-order valence-corrected chi connectivity index (χ1v) is 10.1. The number of nitriles is 1. The van der Waals surface area contributed by atoms with E-state index in [1.165, 1.54) is 0 Å². The fourth-order valence-electron chi connectivity index (χ4n) is 4.36. The minimum Gasteiger partial charge on any atom is -0.446 e. The second-order valence-electron chi connectivity index (χ2n) is 7.84. The highest BCUT2D eigenvalue weighted by Gasteiger charge is 2.40. The molecule has 3 aliphatic heterocycles. The number of amides is 1. The zero-order chi connectivity index (χ0) is 21.7. The van der Waals surface area contributed by atoms with Crippen LogP contribution in [0, 0.1) is 17.1 Å². The van der Waals surface area contributed by atoms with Gasteiger partial charge >= 0.3 is 6.09 Å². The minimum atomic E-state index is -0.882. The Kier molecular flexibility index (Phi) is 4.92. The molecule has 3 saturated heterocycles. The molecule has 1 aromatic heterocycles. The lowest BCUT2D eigenvalue weighted by molar-refractivity contribution is -0.0445. The third-order valence-electron chi connectivity index (χ3n) is 5.55. The van der Waals surface area contributed by atoms with Gasteiger partial charge in [0.2, 0.25) is 5.58 Å². The van der Waals surface area contributed by atoms with Crippen LogP contribution in [-0.4, -0.2) is 62.4 Å². The highest BCUT2D eigenvalue weighted by molar-refractivity contribution is 6.01. The molecule has 0 spiro atoms. The molecule has 164 valence electrons. The molecule has 4 heterocycles. The molecular formula is C20H21FN4O6. The molecule has 0 saturated carbocycles. The second kappa shape index (κ2) is 7.64.